The van der Waals surface area contributed by atoms with Crippen LogP contribution in [0.1, 0.15) is 33.3 Å². The molecular formula is C16H22N4O2. The summed E-state index contributed by atoms with van der Waals surface area (Å²) in [6.07, 6.45) is 0.350. The molecular weight excluding hydrogens is 280 g/mol. The maximum Gasteiger partial charge on any atom is 0.321 e. The number of hydrogen-bond acceptors (Lipinski definition) is 4. The van der Waals surface area contributed by atoms with E-state index in [0.29, 0.717) is 6.42 Å². The lowest BCUT2D eigenvalue weighted by atomic mass is 10.1. The third-order valence-corrected chi connectivity index (χ3v) is 2.74. The molecule has 0 saturated heterocycles. The Labute approximate surface area is 130 Å². The molecule has 0 saturated carbocycles. The van der Waals surface area contributed by atoms with E-state index in [4.69, 9.17) is 5.26 Å². The zero-order valence-corrected chi connectivity index (χ0v) is 13.4. The van der Waals surface area contributed by atoms with Crippen molar-refractivity contribution in [3.63, 3.8) is 0 Å². The second kappa shape index (κ2) is 7.46. The van der Waals surface area contributed by atoms with Crippen LogP contribution in [0.5, 0.6) is 0 Å². The lowest BCUT2D eigenvalue weighted by Crippen LogP contribution is -2.51. The van der Waals surface area contributed by atoms with Crippen molar-refractivity contribution in [3.8, 4) is 6.07 Å². The molecule has 1 atom stereocenters. The summed E-state index contributed by atoms with van der Waals surface area (Å²) in [5.41, 5.74) is 1.26. The summed E-state index contributed by atoms with van der Waals surface area (Å²) in [5, 5.41) is 16.6. The van der Waals surface area contributed by atoms with Crippen molar-refractivity contribution >= 4 is 17.6 Å². The van der Waals surface area contributed by atoms with E-state index in [9.17, 15) is 9.59 Å². The van der Waals surface area contributed by atoms with Gasteiger partial charge in [-0.3, -0.25) is 10.1 Å². The molecule has 0 bridgehead atoms. The molecule has 6 heteroatoms. The molecule has 1 aromatic rings. The highest BCUT2D eigenvalue weighted by molar-refractivity contribution is 5.98. The molecule has 118 valence electrons. The molecule has 0 heterocycles. The fourth-order valence-corrected chi connectivity index (χ4v) is 1.72. The van der Waals surface area contributed by atoms with Gasteiger partial charge in [-0.25, -0.2) is 4.79 Å². The Morgan fingerprint density at radius 2 is 1.82 bits per heavy atom. The third-order valence-electron chi connectivity index (χ3n) is 2.74. The summed E-state index contributed by atoms with van der Waals surface area (Å²) in [7, 11) is 0. The largest absolute Gasteiger partial charge is 0.374 e. The highest BCUT2D eigenvalue weighted by Gasteiger charge is 2.19. The van der Waals surface area contributed by atoms with Gasteiger partial charge in [-0.15, -0.1) is 0 Å². The number of carbonyl (C=O) groups is 2. The van der Waals surface area contributed by atoms with Crippen LogP contribution < -0.4 is 16.0 Å². The van der Waals surface area contributed by atoms with Gasteiger partial charge in [-0.1, -0.05) is 12.1 Å². The predicted molar refractivity (Wildman–Crippen MR) is 85.3 cm³/mol. The first-order valence-corrected chi connectivity index (χ1v) is 7.07. The molecule has 6 nitrogen and oxygen atoms in total. The Balaban J connectivity index is 2.53. The molecule has 0 spiro atoms. The van der Waals surface area contributed by atoms with Gasteiger partial charge in [-0.2, -0.15) is 5.26 Å². The molecule has 1 unspecified atom stereocenters. The van der Waals surface area contributed by atoms with Crippen molar-refractivity contribution in [2.24, 2.45) is 0 Å². The van der Waals surface area contributed by atoms with Gasteiger partial charge < -0.3 is 10.6 Å². The molecule has 0 aliphatic heterocycles. The number of imide groups is 1. The normalized spacial score (nSPS) is 12.0. The minimum atomic E-state index is -0.562. The third kappa shape index (κ3) is 6.27. The molecule has 3 N–H and O–H groups in total. The first-order valence-electron chi connectivity index (χ1n) is 7.07. The summed E-state index contributed by atoms with van der Waals surface area (Å²) in [4.78, 5) is 23.6. The zero-order valence-electron chi connectivity index (χ0n) is 13.4. The predicted octanol–water partition coefficient (Wildman–Crippen LogP) is 2.18. The quantitative estimate of drug-likeness (QED) is 0.794. The van der Waals surface area contributed by atoms with Gasteiger partial charge in [0.05, 0.1) is 12.5 Å². The molecule has 22 heavy (non-hydrogen) atoms. The summed E-state index contributed by atoms with van der Waals surface area (Å²) < 4.78 is 0. The van der Waals surface area contributed by atoms with Crippen LogP contribution in [0, 0.1) is 11.3 Å². The molecule has 1 aromatic carbocycles. The second-order valence-electron chi connectivity index (χ2n) is 6.09. The average Bonchev–Trinajstić information content (AvgIpc) is 2.39. The van der Waals surface area contributed by atoms with Crippen LogP contribution in [0.15, 0.2) is 24.3 Å². The van der Waals surface area contributed by atoms with E-state index >= 15 is 0 Å². The number of hydrogen-bond donors (Lipinski definition) is 3. The van der Waals surface area contributed by atoms with Crippen LogP contribution in [-0.4, -0.2) is 23.5 Å². The van der Waals surface area contributed by atoms with Crippen LogP contribution in [0.3, 0.4) is 0 Å². The molecule has 1 rings (SSSR count). The van der Waals surface area contributed by atoms with Crippen LogP contribution >= 0.6 is 0 Å². The first kappa shape index (κ1) is 17.5. The van der Waals surface area contributed by atoms with Gasteiger partial charge in [0.25, 0.3) is 0 Å². The van der Waals surface area contributed by atoms with Crippen molar-refractivity contribution in [2.45, 2.75) is 45.7 Å². The fourth-order valence-electron chi connectivity index (χ4n) is 1.72. The Bertz CT molecular complexity index is 567. The number of anilines is 1. The van der Waals surface area contributed by atoms with Gasteiger partial charge in [0, 0.05) is 11.2 Å². The van der Waals surface area contributed by atoms with E-state index in [-0.39, 0.29) is 0 Å². The highest BCUT2D eigenvalue weighted by atomic mass is 16.2. The second-order valence-corrected chi connectivity index (χ2v) is 6.09. The van der Waals surface area contributed by atoms with Gasteiger partial charge in [0.1, 0.15) is 6.04 Å². The summed E-state index contributed by atoms with van der Waals surface area (Å²) in [6, 6.07) is 8.23. The number of nitrogens with one attached hydrogen (secondary N) is 3. The molecule has 0 aliphatic rings. The minimum Gasteiger partial charge on any atom is -0.374 e. The van der Waals surface area contributed by atoms with Gasteiger partial charge in [-0.05, 0) is 45.4 Å². The van der Waals surface area contributed by atoms with Gasteiger partial charge in [0.15, 0.2) is 0 Å². The summed E-state index contributed by atoms with van der Waals surface area (Å²) in [6.45, 7) is 7.17. The van der Waals surface area contributed by atoms with Crippen LogP contribution in [0.2, 0.25) is 0 Å². The lowest BCUT2D eigenvalue weighted by Gasteiger charge is -2.21. The van der Waals surface area contributed by atoms with Crippen molar-refractivity contribution < 1.29 is 9.59 Å². The van der Waals surface area contributed by atoms with Crippen LogP contribution in [-0.2, 0) is 11.2 Å². The highest BCUT2D eigenvalue weighted by Crippen LogP contribution is 2.11. The standard InChI is InChI=1S/C16H22N4O2/c1-11(14(21)19-15(22)20-16(2,3)4)18-13-7-5-12(6-8-13)9-10-17/h5-8,11,18H,9H2,1-4H3,(H2,19,20,21,22). The van der Waals surface area contributed by atoms with E-state index in [1.54, 1.807) is 19.1 Å². The monoisotopic (exact) mass is 302 g/mol. The number of urea groups is 1. The van der Waals surface area contributed by atoms with Crippen LogP contribution in [0.25, 0.3) is 0 Å². The maximum atomic E-state index is 11.9. The van der Waals surface area contributed by atoms with Crippen molar-refractivity contribution in [2.75, 3.05) is 5.32 Å². The van der Waals surface area contributed by atoms with E-state index < -0.39 is 23.5 Å². The smallest absolute Gasteiger partial charge is 0.321 e. The number of nitrogens with zero attached hydrogens (tertiary/aromatic N) is 1. The fraction of sp³-hybridized carbons (Fsp3) is 0.438. The maximum absolute atomic E-state index is 11.9. The lowest BCUT2D eigenvalue weighted by molar-refractivity contribution is -0.120. The van der Waals surface area contributed by atoms with Crippen molar-refractivity contribution in [1.82, 2.24) is 10.6 Å². The Morgan fingerprint density at radius 1 is 1.23 bits per heavy atom. The zero-order chi connectivity index (χ0) is 16.8. The van der Waals surface area contributed by atoms with Crippen molar-refractivity contribution in [3.05, 3.63) is 29.8 Å². The first-order chi connectivity index (χ1) is 10.2. The number of nitriles is 1. The van der Waals surface area contributed by atoms with Gasteiger partial charge in [0.2, 0.25) is 5.91 Å². The van der Waals surface area contributed by atoms with E-state index in [1.807, 2.05) is 32.9 Å². The van der Waals surface area contributed by atoms with E-state index in [1.165, 1.54) is 0 Å². The summed E-state index contributed by atoms with van der Waals surface area (Å²) >= 11 is 0. The van der Waals surface area contributed by atoms with Crippen LogP contribution in [0.4, 0.5) is 10.5 Å². The topological polar surface area (TPSA) is 94.0 Å². The number of benzene rings is 1. The molecule has 0 fully saturated rings. The average molecular weight is 302 g/mol. The molecule has 3 amide bonds. The Morgan fingerprint density at radius 3 is 2.32 bits per heavy atom. The molecule has 0 radical (unpaired) electrons. The number of amides is 3. The van der Waals surface area contributed by atoms with Crippen molar-refractivity contribution in [1.29, 1.82) is 5.26 Å². The van der Waals surface area contributed by atoms with E-state index in [0.717, 1.165) is 11.3 Å². The number of rotatable bonds is 4. The molecule has 0 aromatic heterocycles. The van der Waals surface area contributed by atoms with Gasteiger partial charge >= 0.3 is 6.03 Å². The summed E-state index contributed by atoms with van der Waals surface area (Å²) in [5.74, 6) is -0.414. The minimum absolute atomic E-state index is 0.350. The number of carbonyl (C=O) groups excluding carboxylic acids is 2. The molecule has 0 aliphatic carbocycles. The van der Waals surface area contributed by atoms with E-state index in [2.05, 4.69) is 22.0 Å². The Kier molecular flexibility index (Phi) is 5.93. The Hall–Kier alpha value is -2.55. The SMILES string of the molecule is CC(Nc1ccc(CC#N)cc1)C(=O)NC(=O)NC(C)(C)C.